The highest BCUT2D eigenvalue weighted by Crippen LogP contribution is 2.40. The number of benzene rings is 2. The molecule has 0 radical (unpaired) electrons. The summed E-state index contributed by atoms with van der Waals surface area (Å²) in [5, 5.41) is 24.0. The lowest BCUT2D eigenvalue weighted by molar-refractivity contribution is -0.385. The van der Waals surface area contributed by atoms with Crippen LogP contribution < -0.4 is 14.8 Å². The van der Waals surface area contributed by atoms with Crippen molar-refractivity contribution < 1.29 is 19.5 Å². The summed E-state index contributed by atoms with van der Waals surface area (Å²) in [5.41, 5.74) is 1.22. The van der Waals surface area contributed by atoms with E-state index in [9.17, 15) is 15.2 Å². The molecule has 0 spiro atoms. The molecule has 2 aromatic carbocycles. The highest BCUT2D eigenvalue weighted by molar-refractivity contribution is 5.56. The molecule has 1 atom stereocenters. The molecule has 1 aliphatic rings. The predicted octanol–water partition coefficient (Wildman–Crippen LogP) is 3.13. The van der Waals surface area contributed by atoms with Crippen LogP contribution in [0.25, 0.3) is 0 Å². The molecular formula is C21H28N2O5. The lowest BCUT2D eigenvalue weighted by Gasteiger charge is -2.36. The Bertz CT molecular complexity index is 793. The fourth-order valence-corrected chi connectivity index (χ4v) is 2.87. The van der Waals surface area contributed by atoms with Gasteiger partial charge in [0.25, 0.3) is 0 Å². The van der Waals surface area contributed by atoms with Gasteiger partial charge in [-0.05, 0) is 45.5 Å². The minimum atomic E-state index is -0.755. The number of likely N-dealkylation sites (N-methyl/N-ethyl adjacent to an activating group) is 1. The Hall–Kier alpha value is -2.64. The highest BCUT2D eigenvalue weighted by Gasteiger charge is 2.37. The second kappa shape index (κ2) is 9.52. The first-order valence-electron chi connectivity index (χ1n) is 9.19. The minimum absolute atomic E-state index is 0.136. The number of aliphatic hydroxyl groups is 1. The molecule has 7 heteroatoms. The summed E-state index contributed by atoms with van der Waals surface area (Å²) in [6, 6.07) is 13.4. The third kappa shape index (κ3) is 5.43. The van der Waals surface area contributed by atoms with Crippen molar-refractivity contribution in [3.05, 3.63) is 63.7 Å². The van der Waals surface area contributed by atoms with E-state index in [1.54, 1.807) is 19.9 Å². The number of hydrogen-bond donors (Lipinski definition) is 2. The van der Waals surface area contributed by atoms with Crippen LogP contribution in [0, 0.1) is 10.1 Å². The number of nitrogens with one attached hydrogen (secondary N) is 1. The smallest absolute Gasteiger partial charge is 0.314 e. The van der Waals surface area contributed by atoms with Crippen molar-refractivity contribution in [2.45, 2.75) is 38.4 Å². The van der Waals surface area contributed by atoms with E-state index in [1.165, 1.54) is 18.7 Å². The van der Waals surface area contributed by atoms with Crippen LogP contribution in [0.5, 0.6) is 11.5 Å². The van der Waals surface area contributed by atoms with Gasteiger partial charge in [0.1, 0.15) is 11.4 Å². The Morgan fingerprint density at radius 1 is 1.32 bits per heavy atom. The van der Waals surface area contributed by atoms with Gasteiger partial charge in [-0.3, -0.25) is 10.1 Å². The van der Waals surface area contributed by atoms with Gasteiger partial charge in [-0.2, -0.15) is 0 Å². The van der Waals surface area contributed by atoms with E-state index in [2.05, 4.69) is 29.6 Å². The van der Waals surface area contributed by atoms with Gasteiger partial charge in [0.05, 0.1) is 24.2 Å². The first-order chi connectivity index (χ1) is 13.3. The zero-order valence-electron chi connectivity index (χ0n) is 16.8. The minimum Gasteiger partial charge on any atom is -0.490 e. The second-order valence-corrected chi connectivity index (χ2v) is 7.15. The first kappa shape index (κ1) is 21.7. The molecule has 1 aliphatic heterocycles. The molecule has 2 N–H and O–H groups in total. The fourth-order valence-electron chi connectivity index (χ4n) is 2.87. The number of hydrogen-bond acceptors (Lipinski definition) is 6. The molecule has 0 saturated heterocycles. The van der Waals surface area contributed by atoms with E-state index >= 15 is 0 Å². The Labute approximate surface area is 165 Å². The lowest BCUT2D eigenvalue weighted by Crippen LogP contribution is -2.46. The number of aliphatic hydroxyl groups excluding tert-OH is 1. The van der Waals surface area contributed by atoms with Gasteiger partial charge in [0.2, 0.25) is 0 Å². The average molecular weight is 388 g/mol. The molecule has 0 fully saturated rings. The summed E-state index contributed by atoms with van der Waals surface area (Å²) in [6.45, 7) is 4.55. The normalized spacial score (nSPS) is 16.8. The summed E-state index contributed by atoms with van der Waals surface area (Å²) in [5.74, 6) is 0.604. The molecule has 0 bridgehead atoms. The molecule has 1 unspecified atom stereocenters. The number of methoxy groups -OCH3 is 1. The predicted molar refractivity (Wildman–Crippen MR) is 108 cm³/mol. The average Bonchev–Trinajstić information content (AvgIpc) is 2.67. The van der Waals surface area contributed by atoms with Crippen molar-refractivity contribution in [2.24, 2.45) is 0 Å². The van der Waals surface area contributed by atoms with E-state index in [0.717, 1.165) is 13.0 Å². The van der Waals surface area contributed by atoms with Crippen molar-refractivity contribution in [1.82, 2.24) is 5.32 Å². The number of ether oxygens (including phenoxy) is 2. The number of rotatable bonds is 5. The van der Waals surface area contributed by atoms with E-state index in [0.29, 0.717) is 17.7 Å². The number of nitrogens with zero attached hydrogens (tertiary/aromatic N) is 1. The number of fused-ring (bicyclic) bond motifs is 1. The largest absolute Gasteiger partial charge is 0.490 e. The zero-order chi connectivity index (χ0) is 20.7. The van der Waals surface area contributed by atoms with Crippen molar-refractivity contribution in [2.75, 3.05) is 20.7 Å². The molecule has 7 nitrogen and oxygen atoms in total. The van der Waals surface area contributed by atoms with Gasteiger partial charge in [0.15, 0.2) is 5.75 Å². The maximum absolute atomic E-state index is 10.9. The van der Waals surface area contributed by atoms with Gasteiger partial charge in [-0.25, -0.2) is 0 Å². The fraction of sp³-hybridized carbons (Fsp3) is 0.429. The Morgan fingerprint density at radius 3 is 2.57 bits per heavy atom. The quantitative estimate of drug-likeness (QED) is 0.604. The molecule has 0 aliphatic carbocycles. The van der Waals surface area contributed by atoms with E-state index in [-0.39, 0.29) is 11.4 Å². The summed E-state index contributed by atoms with van der Waals surface area (Å²) >= 11 is 0. The number of nitro benzene ring substituents is 1. The maximum Gasteiger partial charge on any atom is 0.314 e. The van der Waals surface area contributed by atoms with E-state index in [1.807, 2.05) is 13.1 Å². The van der Waals surface area contributed by atoms with Gasteiger partial charge < -0.3 is 19.9 Å². The summed E-state index contributed by atoms with van der Waals surface area (Å²) in [7, 11) is 3.35. The molecular weight excluding hydrogens is 360 g/mol. The standard InChI is InChI=1S/C12H15NO5.C9H13N/c1-12(2)11(14)5-7-4-10(17-3)8(13(15)16)6-9(7)18-12;1-10-8-7-9-5-3-2-4-6-9/h4,6,11,14H,5H2,1-3H3;2-6,10H,7-8H2,1H3. The lowest BCUT2D eigenvalue weighted by atomic mass is 9.91. The first-order valence-corrected chi connectivity index (χ1v) is 9.19. The molecule has 152 valence electrons. The van der Waals surface area contributed by atoms with Crippen molar-refractivity contribution in [3.8, 4) is 11.5 Å². The van der Waals surface area contributed by atoms with Crippen molar-refractivity contribution >= 4 is 5.69 Å². The highest BCUT2D eigenvalue weighted by atomic mass is 16.6. The van der Waals surface area contributed by atoms with Crippen LogP contribution in [0.4, 0.5) is 5.69 Å². The van der Waals surface area contributed by atoms with Crippen molar-refractivity contribution in [3.63, 3.8) is 0 Å². The van der Waals surface area contributed by atoms with Crippen LogP contribution in [-0.4, -0.2) is 42.4 Å². The molecule has 1 heterocycles. The summed E-state index contributed by atoms with van der Waals surface area (Å²) in [6.07, 6.45) is 0.852. The van der Waals surface area contributed by atoms with Gasteiger partial charge in [0, 0.05) is 12.0 Å². The van der Waals surface area contributed by atoms with Gasteiger partial charge >= 0.3 is 5.69 Å². The van der Waals surface area contributed by atoms with E-state index < -0.39 is 16.6 Å². The maximum atomic E-state index is 10.9. The Morgan fingerprint density at radius 2 is 2.00 bits per heavy atom. The third-order valence-electron chi connectivity index (χ3n) is 4.65. The van der Waals surface area contributed by atoms with Crippen LogP contribution >= 0.6 is 0 Å². The molecule has 0 amide bonds. The molecule has 3 rings (SSSR count). The SMILES string of the molecule is CNCCc1ccccc1.COc1cc2c(cc1[N+](=O)[O-])OC(C)(C)C(O)C2. The van der Waals surface area contributed by atoms with Crippen LogP contribution in [-0.2, 0) is 12.8 Å². The number of nitro groups is 1. The summed E-state index contributed by atoms with van der Waals surface area (Å²) in [4.78, 5) is 10.4. The molecule has 28 heavy (non-hydrogen) atoms. The molecule has 0 saturated carbocycles. The van der Waals surface area contributed by atoms with Crippen LogP contribution in [0.2, 0.25) is 0 Å². The van der Waals surface area contributed by atoms with Gasteiger partial charge in [-0.1, -0.05) is 30.3 Å². The zero-order valence-corrected chi connectivity index (χ0v) is 16.8. The topological polar surface area (TPSA) is 93.9 Å². The van der Waals surface area contributed by atoms with Crippen LogP contribution in [0.1, 0.15) is 25.0 Å². The van der Waals surface area contributed by atoms with Crippen LogP contribution in [0.3, 0.4) is 0 Å². The van der Waals surface area contributed by atoms with Gasteiger partial charge in [-0.15, -0.1) is 0 Å². The Balaban J connectivity index is 0.000000237. The second-order valence-electron chi connectivity index (χ2n) is 7.15. The monoisotopic (exact) mass is 388 g/mol. The van der Waals surface area contributed by atoms with Crippen molar-refractivity contribution in [1.29, 1.82) is 0 Å². The summed E-state index contributed by atoms with van der Waals surface area (Å²) < 4.78 is 10.6. The molecule has 0 aromatic heterocycles. The van der Waals surface area contributed by atoms with E-state index in [4.69, 9.17) is 9.47 Å². The molecule has 2 aromatic rings. The Kier molecular flexibility index (Phi) is 7.37. The van der Waals surface area contributed by atoms with Crippen LogP contribution in [0.15, 0.2) is 42.5 Å². The third-order valence-corrected chi connectivity index (χ3v) is 4.65.